The number of aromatic nitrogens is 2. The molecule has 4 rings (SSSR count). The summed E-state index contributed by atoms with van der Waals surface area (Å²) in [6, 6.07) is 5.70. The molecule has 1 N–H and O–H groups in total. The molecule has 1 aliphatic rings. The Hall–Kier alpha value is -3.08. The third-order valence-electron chi connectivity index (χ3n) is 5.12. The van der Waals surface area contributed by atoms with E-state index in [0.717, 1.165) is 11.3 Å². The lowest BCUT2D eigenvalue weighted by Gasteiger charge is -2.25. The Morgan fingerprint density at radius 2 is 1.76 bits per heavy atom. The van der Waals surface area contributed by atoms with Crippen LogP contribution in [-0.4, -0.2) is 39.8 Å². The van der Waals surface area contributed by atoms with Crippen molar-refractivity contribution in [2.24, 2.45) is 0 Å². The zero-order valence-electron chi connectivity index (χ0n) is 18.0. The summed E-state index contributed by atoms with van der Waals surface area (Å²) in [5, 5.41) is 12.0. The number of halogens is 1. The molecule has 0 radical (unpaired) electrons. The molecule has 1 aliphatic heterocycles. The highest BCUT2D eigenvalue weighted by Gasteiger charge is 2.47. The van der Waals surface area contributed by atoms with Crippen LogP contribution in [0.3, 0.4) is 0 Å². The molecule has 170 valence electrons. The number of aliphatic hydroxyl groups excluding tert-OH is 1. The van der Waals surface area contributed by atoms with Crippen molar-refractivity contribution in [2.75, 3.05) is 12.0 Å². The summed E-state index contributed by atoms with van der Waals surface area (Å²) in [6.07, 6.45) is 0. The first-order valence-electron chi connectivity index (χ1n) is 9.71. The highest BCUT2D eigenvalue weighted by atomic mass is 35.5. The molecule has 0 aliphatic carbocycles. The third kappa shape index (κ3) is 3.84. The van der Waals surface area contributed by atoms with Gasteiger partial charge in [0, 0.05) is 5.02 Å². The van der Waals surface area contributed by atoms with Gasteiger partial charge >= 0.3 is 5.97 Å². The van der Waals surface area contributed by atoms with Crippen LogP contribution < -0.4 is 4.90 Å². The Balaban J connectivity index is 1.91. The van der Waals surface area contributed by atoms with E-state index in [-0.39, 0.29) is 15.6 Å². The molecule has 1 amide bonds. The van der Waals surface area contributed by atoms with Gasteiger partial charge in [-0.15, -0.1) is 11.3 Å². The molecule has 3 aromatic rings. The van der Waals surface area contributed by atoms with Crippen LogP contribution in [0, 0.1) is 20.8 Å². The average molecular weight is 504 g/mol. The number of esters is 1. The number of aryl methyl sites for hydroxylation is 3. The molecule has 0 saturated carbocycles. The quantitative estimate of drug-likeness (QED) is 0.395. The number of aliphatic hydroxyl groups is 1. The van der Waals surface area contributed by atoms with E-state index in [1.807, 2.05) is 0 Å². The molecule has 1 unspecified atom stereocenters. The summed E-state index contributed by atoms with van der Waals surface area (Å²) in [5.74, 6) is -2.62. The molecule has 0 bridgehead atoms. The molecule has 33 heavy (non-hydrogen) atoms. The van der Waals surface area contributed by atoms with E-state index in [4.69, 9.17) is 16.3 Å². The molecule has 3 heterocycles. The van der Waals surface area contributed by atoms with Gasteiger partial charge in [-0.1, -0.05) is 41.1 Å². The number of Topliss-reactive ketones (excluding diaryl/α,β-unsaturated/α-hetero) is 1. The number of hydrogen-bond acceptors (Lipinski definition) is 9. The summed E-state index contributed by atoms with van der Waals surface area (Å²) in [4.78, 5) is 49.3. The number of rotatable bonds is 5. The molecular weight excluding hydrogens is 486 g/mol. The number of hydrogen-bond donors (Lipinski definition) is 1. The summed E-state index contributed by atoms with van der Waals surface area (Å²) in [7, 11) is 1.25. The van der Waals surface area contributed by atoms with Crippen molar-refractivity contribution >= 4 is 57.1 Å². The fourth-order valence-electron chi connectivity index (χ4n) is 3.66. The Kier molecular flexibility index (Phi) is 6.08. The Bertz CT molecular complexity index is 1340. The maximum Gasteiger partial charge on any atom is 0.350 e. The fraction of sp³-hybridized carbons (Fsp3) is 0.227. The topological polar surface area (TPSA) is 110 Å². The zero-order chi connectivity index (χ0) is 24.0. The molecule has 0 spiro atoms. The largest absolute Gasteiger partial charge is 0.503 e. The predicted octanol–water partition coefficient (Wildman–Crippen LogP) is 4.75. The number of ether oxygens (including phenoxy) is 1. The molecule has 1 aromatic carbocycles. The number of anilines is 1. The van der Waals surface area contributed by atoms with Crippen LogP contribution >= 0.6 is 34.3 Å². The zero-order valence-corrected chi connectivity index (χ0v) is 20.4. The predicted molar refractivity (Wildman–Crippen MR) is 125 cm³/mol. The first kappa shape index (κ1) is 23.1. The number of benzene rings is 1. The van der Waals surface area contributed by atoms with E-state index in [1.165, 1.54) is 23.3 Å². The monoisotopic (exact) mass is 503 g/mol. The smallest absolute Gasteiger partial charge is 0.350 e. The highest BCUT2D eigenvalue weighted by Crippen LogP contribution is 2.46. The first-order chi connectivity index (χ1) is 15.6. The Morgan fingerprint density at radius 3 is 2.36 bits per heavy atom. The number of carbonyl (C=O) groups is 3. The van der Waals surface area contributed by atoms with Crippen molar-refractivity contribution in [3.05, 3.63) is 72.3 Å². The van der Waals surface area contributed by atoms with E-state index in [9.17, 15) is 19.5 Å². The van der Waals surface area contributed by atoms with Crippen LogP contribution in [0.25, 0.3) is 0 Å². The molecule has 11 heteroatoms. The number of ketones is 1. The van der Waals surface area contributed by atoms with Crippen LogP contribution in [0.15, 0.2) is 35.6 Å². The van der Waals surface area contributed by atoms with Gasteiger partial charge in [-0.3, -0.25) is 14.5 Å². The minimum Gasteiger partial charge on any atom is -0.503 e. The summed E-state index contributed by atoms with van der Waals surface area (Å²) >= 11 is 8.57. The van der Waals surface area contributed by atoms with E-state index in [2.05, 4.69) is 9.97 Å². The van der Waals surface area contributed by atoms with Crippen molar-refractivity contribution in [1.29, 1.82) is 0 Å². The lowest BCUT2D eigenvalue weighted by atomic mass is 9.95. The highest BCUT2D eigenvalue weighted by molar-refractivity contribution is 7.17. The van der Waals surface area contributed by atoms with Crippen LogP contribution in [0.1, 0.15) is 47.3 Å². The van der Waals surface area contributed by atoms with E-state index in [0.29, 0.717) is 31.9 Å². The van der Waals surface area contributed by atoms with Gasteiger partial charge in [0.1, 0.15) is 4.88 Å². The first-order valence-corrected chi connectivity index (χ1v) is 11.7. The summed E-state index contributed by atoms with van der Waals surface area (Å²) in [5.41, 5.74) is 1.18. The molecule has 0 saturated heterocycles. The van der Waals surface area contributed by atoms with Gasteiger partial charge < -0.3 is 9.84 Å². The van der Waals surface area contributed by atoms with Crippen LogP contribution in [-0.2, 0) is 9.53 Å². The van der Waals surface area contributed by atoms with Gasteiger partial charge in [-0.2, -0.15) is 0 Å². The number of methoxy groups -OCH3 is 1. The minimum atomic E-state index is -1.04. The molecule has 8 nitrogen and oxygen atoms in total. The molecular formula is C22H18ClN3O5S2. The van der Waals surface area contributed by atoms with E-state index < -0.39 is 29.5 Å². The van der Waals surface area contributed by atoms with Gasteiger partial charge in [0.2, 0.25) is 5.78 Å². The number of amides is 1. The second-order valence-electron chi connectivity index (χ2n) is 7.24. The normalized spacial score (nSPS) is 16.0. The lowest BCUT2D eigenvalue weighted by Crippen LogP contribution is -2.31. The third-order valence-corrected chi connectivity index (χ3v) is 7.68. The second-order valence-corrected chi connectivity index (χ2v) is 9.83. The minimum absolute atomic E-state index is 0.118. The fourth-order valence-corrected chi connectivity index (χ4v) is 5.78. The maximum atomic E-state index is 13.6. The van der Waals surface area contributed by atoms with Gasteiger partial charge in [0.05, 0.1) is 40.0 Å². The number of nitrogens with zero attached hydrogens (tertiary/aromatic N) is 3. The van der Waals surface area contributed by atoms with Crippen molar-refractivity contribution < 1.29 is 24.2 Å². The van der Waals surface area contributed by atoms with E-state index in [1.54, 1.807) is 45.0 Å². The molecule has 0 fully saturated rings. The molecule has 1 atom stereocenters. The summed E-state index contributed by atoms with van der Waals surface area (Å²) in [6.45, 7) is 5.08. The lowest BCUT2D eigenvalue weighted by molar-refractivity contribution is -0.117. The Labute approximate surface area is 202 Å². The second kappa shape index (κ2) is 8.69. The van der Waals surface area contributed by atoms with Crippen LogP contribution in [0.4, 0.5) is 5.13 Å². The van der Waals surface area contributed by atoms with Gasteiger partial charge in [-0.05, 0) is 32.4 Å². The van der Waals surface area contributed by atoms with Crippen molar-refractivity contribution in [1.82, 2.24) is 9.97 Å². The van der Waals surface area contributed by atoms with Crippen molar-refractivity contribution in [3.8, 4) is 0 Å². The van der Waals surface area contributed by atoms with Crippen molar-refractivity contribution in [2.45, 2.75) is 26.8 Å². The standard InChI is InChI=1S/C22H18ClN3O5S2/c1-9-18(32-11(3)24-9)16(27)14-15(12-7-5-6-8-13(12)23)26(20(29)17(14)28)22-25-10(2)19(33-22)21(30)31-4/h5-8,15,28H,1-4H3. The van der Waals surface area contributed by atoms with Crippen molar-refractivity contribution in [3.63, 3.8) is 0 Å². The number of carbonyl (C=O) groups excluding carboxylic acids is 3. The van der Waals surface area contributed by atoms with Crippen LogP contribution in [0.2, 0.25) is 5.02 Å². The van der Waals surface area contributed by atoms with Crippen LogP contribution in [0.5, 0.6) is 0 Å². The van der Waals surface area contributed by atoms with E-state index >= 15 is 0 Å². The Morgan fingerprint density at radius 1 is 1.09 bits per heavy atom. The summed E-state index contributed by atoms with van der Waals surface area (Å²) < 4.78 is 4.79. The molecule has 2 aromatic heterocycles. The number of thiazole rings is 2. The SMILES string of the molecule is COC(=O)c1sc(N2C(=O)C(O)=C(C(=O)c3sc(C)nc3C)C2c2ccccc2Cl)nc1C. The maximum absolute atomic E-state index is 13.6. The van der Waals surface area contributed by atoms with Gasteiger partial charge in [0.15, 0.2) is 10.9 Å². The van der Waals surface area contributed by atoms with Gasteiger partial charge in [0.25, 0.3) is 5.91 Å². The van der Waals surface area contributed by atoms with Gasteiger partial charge in [-0.25, -0.2) is 14.8 Å². The average Bonchev–Trinajstić information content (AvgIpc) is 3.40.